The largest absolute Gasteiger partial charge is 0.462 e. The number of benzene rings is 1. The Hall–Kier alpha value is -2.87. The summed E-state index contributed by atoms with van der Waals surface area (Å²) in [6.45, 7) is 15.1. The number of halogens is 2. The Morgan fingerprint density at radius 2 is 1.78 bits per heavy atom. The first kappa shape index (κ1) is 35.5. The molecule has 0 amide bonds. The lowest BCUT2D eigenvalue weighted by molar-refractivity contribution is -0.190. The van der Waals surface area contributed by atoms with Crippen LogP contribution in [0.2, 0.25) is 5.02 Å². The van der Waals surface area contributed by atoms with E-state index in [1.165, 1.54) is 11.6 Å². The number of hydrogen-bond acceptors (Lipinski definition) is 7. The predicted molar refractivity (Wildman–Crippen MR) is 188 cm³/mol. The molecular weight excluding hydrogens is 655 g/mol. The van der Waals surface area contributed by atoms with Gasteiger partial charge in [-0.05, 0) is 127 Å². The highest BCUT2D eigenvalue weighted by Gasteiger charge is 2.66. The average Bonchev–Trinajstić information content (AvgIpc) is 3.65. The second-order valence-corrected chi connectivity index (χ2v) is 18.4. The number of fused-ring (bicyclic) bond motifs is 7. The minimum absolute atomic E-state index is 0.0731. The molecule has 7 nitrogen and oxygen atoms in total. The number of aldehydes is 1. The summed E-state index contributed by atoms with van der Waals surface area (Å²) in [6, 6.07) is 4.42. The summed E-state index contributed by atoms with van der Waals surface area (Å²) in [5, 5.41) is 9.15. The van der Waals surface area contributed by atoms with Gasteiger partial charge in [-0.15, -0.1) is 10.2 Å². The van der Waals surface area contributed by atoms with Crippen LogP contribution in [0.25, 0.3) is 11.5 Å². The number of hydrogen-bond donors (Lipinski definition) is 0. The molecule has 0 bridgehead atoms. The second-order valence-electron chi connectivity index (χ2n) is 17.9. The topological polar surface area (TPSA) is 99.4 Å². The van der Waals surface area contributed by atoms with Crippen LogP contribution < -0.4 is 0 Å². The Kier molecular flexibility index (Phi) is 8.79. The molecule has 5 aliphatic rings. The van der Waals surface area contributed by atoms with Gasteiger partial charge in [-0.3, -0.25) is 9.59 Å². The number of ether oxygens (including phenoxy) is 1. The van der Waals surface area contributed by atoms with Crippen molar-refractivity contribution in [1.82, 2.24) is 10.2 Å². The molecule has 1 aromatic carbocycles. The zero-order chi connectivity index (χ0) is 36.0. The molecule has 4 saturated carbocycles. The van der Waals surface area contributed by atoms with Crippen molar-refractivity contribution in [2.75, 3.05) is 0 Å². The molecule has 0 radical (unpaired) electrons. The maximum absolute atomic E-state index is 14.9. The zero-order valence-electron chi connectivity index (χ0n) is 30.6. The molecule has 0 spiro atoms. The van der Waals surface area contributed by atoms with Crippen LogP contribution in [0.5, 0.6) is 0 Å². The Bertz CT molecular complexity index is 1750. The molecule has 1 heterocycles. The fourth-order valence-corrected chi connectivity index (χ4v) is 12.3. The lowest BCUT2D eigenvalue weighted by Gasteiger charge is -2.67. The number of nitrogens with zero attached hydrogens (tertiary/aromatic N) is 2. The Balaban J connectivity index is 1.18. The van der Waals surface area contributed by atoms with E-state index in [1.807, 2.05) is 0 Å². The van der Waals surface area contributed by atoms with Gasteiger partial charge < -0.3 is 13.9 Å². The number of Topliss-reactive ketones (excluding diaryl/α,β-unsaturated/α-hetero) is 1. The Labute approximate surface area is 300 Å². The number of esters is 1. The molecule has 0 saturated heterocycles. The van der Waals surface area contributed by atoms with Gasteiger partial charge in [0.25, 0.3) is 5.89 Å². The van der Waals surface area contributed by atoms with Crippen LogP contribution >= 0.6 is 11.6 Å². The van der Waals surface area contributed by atoms with Crippen LogP contribution in [-0.4, -0.2) is 34.3 Å². The summed E-state index contributed by atoms with van der Waals surface area (Å²) in [7, 11) is 0. The summed E-state index contributed by atoms with van der Waals surface area (Å²) < 4.78 is 27.4. The number of aromatic nitrogens is 2. The highest BCUT2D eigenvalue weighted by Crippen LogP contribution is 2.71. The summed E-state index contributed by atoms with van der Waals surface area (Å²) in [5.41, 5.74) is 1.21. The summed E-state index contributed by atoms with van der Waals surface area (Å²) >= 11 is 6.01. The first-order valence-corrected chi connectivity index (χ1v) is 19.2. The minimum atomic E-state index is -0.721. The van der Waals surface area contributed by atoms with Gasteiger partial charge in [0.15, 0.2) is 5.78 Å². The molecule has 270 valence electrons. The van der Waals surface area contributed by atoms with E-state index in [2.05, 4.69) is 44.8 Å². The van der Waals surface area contributed by atoms with Gasteiger partial charge in [-0.25, -0.2) is 4.39 Å². The van der Waals surface area contributed by atoms with E-state index in [-0.39, 0.29) is 64.3 Å². The lowest BCUT2D eigenvalue weighted by Crippen LogP contribution is -2.60. The van der Waals surface area contributed by atoms with Gasteiger partial charge in [0.05, 0.1) is 17.4 Å². The van der Waals surface area contributed by atoms with Gasteiger partial charge in [-0.1, -0.05) is 60.1 Å². The first-order chi connectivity index (χ1) is 23.5. The van der Waals surface area contributed by atoms with Gasteiger partial charge in [0.1, 0.15) is 18.2 Å². The molecule has 2 aromatic rings. The molecule has 9 heteroatoms. The van der Waals surface area contributed by atoms with Crippen LogP contribution in [0.15, 0.2) is 33.8 Å². The fourth-order valence-electron chi connectivity index (χ4n) is 12.1. The van der Waals surface area contributed by atoms with Crippen molar-refractivity contribution in [1.29, 1.82) is 0 Å². The van der Waals surface area contributed by atoms with Gasteiger partial charge in [0.2, 0.25) is 5.89 Å². The lowest BCUT2D eigenvalue weighted by atomic mass is 9.38. The maximum Gasteiger partial charge on any atom is 0.307 e. The van der Waals surface area contributed by atoms with Crippen LogP contribution in [0.4, 0.5) is 4.39 Å². The number of allylic oxidation sites excluding steroid dienone is 2. The number of rotatable bonds is 7. The summed E-state index contributed by atoms with van der Waals surface area (Å²) in [5.74, 6) is 1.89. The standard InChI is InChI=1S/C41H52ClFN2O5/c1-22(2)34-30(47)19-41(37-45-44-36(50-37)26-9-8-24(42)18-29(26)43)17-13-28-25(35(34)41)10-11-32-39(6)16-14-31(49-33(48)20-38(4,5)21-46)23(3)27(39)12-15-40(28,32)7/h8-9,18,21-23,25,27-28,31-32H,10-17,19-20H2,1-7H3. The normalized spacial score (nSPS) is 36.8. The van der Waals surface area contributed by atoms with Crippen LogP contribution in [0, 0.1) is 57.6 Å². The summed E-state index contributed by atoms with van der Waals surface area (Å²) in [6.07, 6.45) is 9.01. The van der Waals surface area contributed by atoms with Crippen molar-refractivity contribution in [2.45, 2.75) is 124 Å². The number of ketones is 1. The van der Waals surface area contributed by atoms with Crippen LogP contribution in [-0.2, 0) is 24.5 Å². The monoisotopic (exact) mass is 706 g/mol. The van der Waals surface area contributed by atoms with E-state index in [0.717, 1.165) is 63.2 Å². The van der Waals surface area contributed by atoms with E-state index >= 15 is 0 Å². The quantitative estimate of drug-likeness (QED) is 0.209. The first-order valence-electron chi connectivity index (χ1n) is 18.8. The molecule has 50 heavy (non-hydrogen) atoms. The molecule has 7 rings (SSSR count). The highest BCUT2D eigenvalue weighted by atomic mass is 35.5. The van der Waals surface area contributed by atoms with E-state index in [1.54, 1.807) is 26.0 Å². The average molecular weight is 707 g/mol. The second kappa shape index (κ2) is 12.4. The maximum atomic E-state index is 14.9. The van der Waals surface area contributed by atoms with Crippen LogP contribution in [0.3, 0.4) is 0 Å². The molecule has 1 aromatic heterocycles. The van der Waals surface area contributed by atoms with E-state index in [0.29, 0.717) is 35.1 Å². The van der Waals surface area contributed by atoms with Gasteiger partial charge in [0, 0.05) is 16.9 Å². The number of carbonyl (C=O) groups is 3. The van der Waals surface area contributed by atoms with Crippen molar-refractivity contribution in [3.8, 4) is 11.5 Å². The Morgan fingerprint density at radius 1 is 1.08 bits per heavy atom. The summed E-state index contributed by atoms with van der Waals surface area (Å²) in [4.78, 5) is 38.3. The molecule has 5 aliphatic carbocycles. The smallest absolute Gasteiger partial charge is 0.307 e. The zero-order valence-corrected chi connectivity index (χ0v) is 31.4. The predicted octanol–water partition coefficient (Wildman–Crippen LogP) is 9.51. The number of carbonyl (C=O) groups excluding carboxylic acids is 3. The van der Waals surface area contributed by atoms with Crippen molar-refractivity contribution in [3.63, 3.8) is 0 Å². The van der Waals surface area contributed by atoms with Crippen molar-refractivity contribution in [3.05, 3.63) is 46.1 Å². The molecule has 9 unspecified atom stereocenters. The molecular formula is C41H52ClFN2O5. The molecule has 9 atom stereocenters. The third-order valence-electron chi connectivity index (χ3n) is 14.3. The van der Waals surface area contributed by atoms with Crippen molar-refractivity contribution < 1.29 is 27.9 Å². The van der Waals surface area contributed by atoms with E-state index in [9.17, 15) is 18.8 Å². The third kappa shape index (κ3) is 5.44. The fraction of sp³-hybridized carbons (Fsp3) is 0.683. The van der Waals surface area contributed by atoms with Crippen molar-refractivity contribution >= 4 is 29.6 Å². The van der Waals surface area contributed by atoms with Crippen LogP contribution in [0.1, 0.15) is 119 Å². The molecule has 4 fully saturated rings. The Morgan fingerprint density at radius 3 is 2.48 bits per heavy atom. The minimum Gasteiger partial charge on any atom is -0.462 e. The van der Waals surface area contributed by atoms with E-state index < -0.39 is 16.6 Å². The third-order valence-corrected chi connectivity index (χ3v) is 14.6. The van der Waals surface area contributed by atoms with Gasteiger partial charge in [-0.2, -0.15) is 0 Å². The molecule has 0 aliphatic heterocycles. The van der Waals surface area contributed by atoms with Gasteiger partial charge >= 0.3 is 5.97 Å². The van der Waals surface area contributed by atoms with E-state index in [4.69, 9.17) is 20.8 Å². The highest BCUT2D eigenvalue weighted by molar-refractivity contribution is 6.30. The van der Waals surface area contributed by atoms with Crippen molar-refractivity contribution in [2.24, 2.45) is 51.8 Å². The SMILES string of the molecule is CC(C)C1=C2C3CCC4C(C)(CCC5C(C)C(OC(=O)CC(C)(C)C=O)CCC54C)C3CCC2(c2nnc(-c3ccc(Cl)cc3F)o2)CC1=O. The molecule has 0 N–H and O–H groups in total.